The molecule has 28 heavy (non-hydrogen) atoms. The summed E-state index contributed by atoms with van der Waals surface area (Å²) in [5.41, 5.74) is 2.18. The first-order valence-electron chi connectivity index (χ1n) is 8.87. The number of ether oxygens (including phenoxy) is 1. The highest BCUT2D eigenvalue weighted by Gasteiger charge is 2.29. The van der Waals surface area contributed by atoms with Gasteiger partial charge in [0.25, 0.3) is 0 Å². The molecule has 0 bridgehead atoms. The van der Waals surface area contributed by atoms with Crippen molar-refractivity contribution in [3.63, 3.8) is 0 Å². The highest BCUT2D eigenvalue weighted by molar-refractivity contribution is 7.15. The molecule has 0 unspecified atom stereocenters. The first kappa shape index (κ1) is 19.0. The molecule has 2 aliphatic heterocycles. The van der Waals surface area contributed by atoms with Crippen LogP contribution in [0, 0.1) is 19.8 Å². The summed E-state index contributed by atoms with van der Waals surface area (Å²) in [6.45, 7) is 5.10. The topological polar surface area (TPSA) is 67.7 Å². The monoisotopic (exact) mass is 420 g/mol. The zero-order chi connectivity index (χ0) is 19.8. The van der Waals surface area contributed by atoms with Crippen LogP contribution < -0.4 is 4.74 Å². The predicted octanol–water partition coefficient (Wildman–Crippen LogP) is 3.52. The van der Waals surface area contributed by atoms with E-state index in [-0.39, 0.29) is 29.3 Å². The second-order valence-corrected chi connectivity index (χ2v) is 8.31. The number of halogens is 2. The summed E-state index contributed by atoms with van der Waals surface area (Å²) in [5.74, 6) is -0.542. The molecule has 0 aromatic carbocycles. The number of hydrogen-bond acceptors (Lipinski definition) is 7. The maximum Gasteiger partial charge on any atom is 0.216 e. The number of rotatable bonds is 4. The zero-order valence-corrected chi connectivity index (χ0v) is 17.0. The minimum Gasteiger partial charge on any atom is -0.472 e. The molecule has 0 radical (unpaired) electrons. The molecule has 0 aliphatic carbocycles. The quantitative estimate of drug-likeness (QED) is 0.708. The number of pyridine rings is 1. The molecule has 6 nitrogen and oxygen atoms in total. The number of aliphatic imine (C=N–C) groups is 1. The number of nitrogens with zero attached hydrogens (tertiary/aromatic N) is 4. The number of aromatic nitrogens is 2. The van der Waals surface area contributed by atoms with Gasteiger partial charge in [0.1, 0.15) is 17.7 Å². The van der Waals surface area contributed by atoms with Gasteiger partial charge in [0.05, 0.1) is 27.8 Å². The standard InChI is InChI=1S/C19H18ClFN4O2S/c1-10-19(28-11(2)23-10)12-5-16(21)24-17(6-12)27-13-3-4-25(9-13)14-7-22-8-15(26)18(14)20/h5-7,13H,3-4,8-9H2,1-2H3/t13-/m1/s1. The van der Waals surface area contributed by atoms with Crippen molar-refractivity contribution in [1.29, 1.82) is 0 Å². The van der Waals surface area contributed by atoms with Crippen molar-refractivity contribution in [1.82, 2.24) is 14.9 Å². The molecular weight excluding hydrogens is 403 g/mol. The van der Waals surface area contributed by atoms with Gasteiger partial charge in [0.2, 0.25) is 11.8 Å². The molecule has 2 aromatic rings. The number of hydrogen-bond donors (Lipinski definition) is 0. The van der Waals surface area contributed by atoms with E-state index in [1.165, 1.54) is 17.4 Å². The molecule has 1 atom stereocenters. The molecule has 1 fully saturated rings. The molecule has 4 heterocycles. The lowest BCUT2D eigenvalue weighted by molar-refractivity contribution is -0.113. The lowest BCUT2D eigenvalue weighted by atomic mass is 10.2. The third-order valence-electron chi connectivity index (χ3n) is 4.63. The van der Waals surface area contributed by atoms with Gasteiger partial charge < -0.3 is 9.64 Å². The zero-order valence-electron chi connectivity index (χ0n) is 15.4. The van der Waals surface area contributed by atoms with Crippen LogP contribution in [0.25, 0.3) is 10.4 Å². The molecular formula is C19H18ClFN4O2S. The number of dihydropyridines is 1. The third-order valence-corrected chi connectivity index (χ3v) is 6.15. The fourth-order valence-corrected chi connectivity index (χ4v) is 4.52. The minimum atomic E-state index is -0.594. The average molecular weight is 421 g/mol. The van der Waals surface area contributed by atoms with Gasteiger partial charge in [-0.3, -0.25) is 9.79 Å². The van der Waals surface area contributed by atoms with E-state index < -0.39 is 5.95 Å². The molecule has 9 heteroatoms. The van der Waals surface area contributed by atoms with Crippen LogP contribution in [0.4, 0.5) is 4.39 Å². The number of allylic oxidation sites excluding steroid dienone is 1. The number of aryl methyl sites for hydroxylation is 2. The Labute approximate surface area is 170 Å². The van der Waals surface area contributed by atoms with Crippen LogP contribution in [-0.4, -0.2) is 52.6 Å². The normalized spacial score (nSPS) is 19.6. The second-order valence-electron chi connectivity index (χ2n) is 6.73. The Morgan fingerprint density at radius 1 is 1.32 bits per heavy atom. The van der Waals surface area contributed by atoms with Crippen LogP contribution in [0.5, 0.6) is 5.88 Å². The molecule has 2 aliphatic rings. The minimum absolute atomic E-state index is 0.0859. The Morgan fingerprint density at radius 2 is 2.14 bits per heavy atom. The SMILES string of the molecule is Cc1nc(C)c(-c2cc(F)nc(O[C@@H]3CCN(C4=C(Cl)C(=O)CN=C4)C3)c2)s1. The number of thiazole rings is 1. The molecule has 0 amide bonds. The average Bonchev–Trinajstić information content (AvgIpc) is 3.23. The van der Waals surface area contributed by atoms with Crippen LogP contribution in [0.3, 0.4) is 0 Å². The van der Waals surface area contributed by atoms with Gasteiger partial charge >= 0.3 is 0 Å². The van der Waals surface area contributed by atoms with Gasteiger partial charge in [-0.2, -0.15) is 9.37 Å². The van der Waals surface area contributed by atoms with E-state index in [9.17, 15) is 9.18 Å². The maximum absolute atomic E-state index is 14.1. The summed E-state index contributed by atoms with van der Waals surface area (Å²) >= 11 is 7.65. The highest BCUT2D eigenvalue weighted by Crippen LogP contribution is 2.32. The van der Waals surface area contributed by atoms with E-state index in [1.54, 1.807) is 12.3 Å². The molecule has 4 rings (SSSR count). The largest absolute Gasteiger partial charge is 0.472 e. The lowest BCUT2D eigenvalue weighted by Gasteiger charge is -2.22. The maximum atomic E-state index is 14.1. The first-order chi connectivity index (χ1) is 13.4. The number of likely N-dealkylation sites (tertiary alicyclic amines) is 1. The number of carbonyl (C=O) groups excluding carboxylic acids is 1. The molecule has 146 valence electrons. The Morgan fingerprint density at radius 3 is 2.89 bits per heavy atom. The van der Waals surface area contributed by atoms with Crippen LogP contribution >= 0.6 is 22.9 Å². The molecule has 0 N–H and O–H groups in total. The van der Waals surface area contributed by atoms with Crippen LogP contribution in [0.2, 0.25) is 0 Å². The summed E-state index contributed by atoms with van der Waals surface area (Å²) < 4.78 is 20.0. The lowest BCUT2D eigenvalue weighted by Crippen LogP contribution is -2.28. The Kier molecular flexibility index (Phi) is 5.16. The summed E-state index contributed by atoms with van der Waals surface area (Å²) in [5, 5.41) is 1.13. The van der Waals surface area contributed by atoms with E-state index in [2.05, 4.69) is 15.0 Å². The molecule has 0 spiro atoms. The van der Waals surface area contributed by atoms with Crippen LogP contribution in [-0.2, 0) is 4.79 Å². The van der Waals surface area contributed by atoms with Crippen molar-refractivity contribution in [2.24, 2.45) is 4.99 Å². The van der Waals surface area contributed by atoms with Gasteiger partial charge in [-0.1, -0.05) is 11.6 Å². The van der Waals surface area contributed by atoms with E-state index >= 15 is 0 Å². The van der Waals surface area contributed by atoms with Gasteiger partial charge in [-0.05, 0) is 13.8 Å². The van der Waals surface area contributed by atoms with Crippen molar-refractivity contribution >= 4 is 34.9 Å². The highest BCUT2D eigenvalue weighted by atomic mass is 35.5. The number of Topliss-reactive ketones (excluding diaryl/α,β-unsaturated/α-hetero) is 1. The summed E-state index contributed by atoms with van der Waals surface area (Å²) in [7, 11) is 0. The van der Waals surface area contributed by atoms with Crippen molar-refractivity contribution in [2.75, 3.05) is 19.6 Å². The van der Waals surface area contributed by atoms with Gasteiger partial charge in [0, 0.05) is 36.9 Å². The van der Waals surface area contributed by atoms with Crippen LogP contribution in [0.15, 0.2) is 27.9 Å². The van der Waals surface area contributed by atoms with Crippen LogP contribution in [0.1, 0.15) is 17.1 Å². The summed E-state index contributed by atoms with van der Waals surface area (Å²) in [4.78, 5) is 26.9. The van der Waals surface area contributed by atoms with Gasteiger partial charge in [0.15, 0.2) is 5.78 Å². The third kappa shape index (κ3) is 3.79. The summed E-state index contributed by atoms with van der Waals surface area (Å²) in [6.07, 6.45) is 2.15. The molecule has 0 saturated carbocycles. The fraction of sp³-hybridized carbons (Fsp3) is 0.368. The first-order valence-corrected chi connectivity index (χ1v) is 10.1. The van der Waals surface area contributed by atoms with E-state index in [1.807, 2.05) is 18.7 Å². The number of carbonyl (C=O) groups is 1. The molecule has 1 saturated heterocycles. The van der Waals surface area contributed by atoms with Crippen molar-refractivity contribution in [2.45, 2.75) is 26.4 Å². The fourth-order valence-electron chi connectivity index (χ4n) is 3.38. The Hall–Kier alpha value is -2.32. The molecule has 2 aromatic heterocycles. The predicted molar refractivity (Wildman–Crippen MR) is 107 cm³/mol. The van der Waals surface area contributed by atoms with E-state index in [4.69, 9.17) is 16.3 Å². The Balaban J connectivity index is 1.51. The van der Waals surface area contributed by atoms with E-state index in [0.717, 1.165) is 15.6 Å². The van der Waals surface area contributed by atoms with E-state index in [0.29, 0.717) is 30.8 Å². The number of ketones is 1. The van der Waals surface area contributed by atoms with Crippen molar-refractivity contribution in [3.05, 3.63) is 39.5 Å². The second kappa shape index (κ2) is 7.60. The summed E-state index contributed by atoms with van der Waals surface area (Å²) in [6, 6.07) is 3.13. The van der Waals surface area contributed by atoms with Gasteiger partial charge in [-0.25, -0.2) is 4.98 Å². The van der Waals surface area contributed by atoms with Crippen molar-refractivity contribution < 1.29 is 13.9 Å². The van der Waals surface area contributed by atoms with Gasteiger partial charge in [-0.15, -0.1) is 11.3 Å². The Bertz CT molecular complexity index is 1000. The van der Waals surface area contributed by atoms with Crippen molar-refractivity contribution in [3.8, 4) is 16.3 Å². The smallest absolute Gasteiger partial charge is 0.216 e.